The number of unbranched alkanes of at least 4 members (excludes halogenated alkanes) is 33. The molecule has 8 N–H and O–H groups in total. The summed E-state index contributed by atoms with van der Waals surface area (Å²) in [6.45, 7) is 3.46. The predicted molar refractivity (Wildman–Crippen MR) is 321 cm³/mol. The molecule has 1 aliphatic rings. The van der Waals surface area contributed by atoms with E-state index >= 15 is 0 Å². The first-order valence-corrected chi connectivity index (χ1v) is 32.2. The van der Waals surface area contributed by atoms with E-state index in [-0.39, 0.29) is 12.8 Å². The summed E-state index contributed by atoms with van der Waals surface area (Å²) in [6.07, 6.45) is 60.0. The average Bonchev–Trinajstić information content (AvgIpc) is 3.43. The Kier molecular flexibility index (Phi) is 51.4. The van der Waals surface area contributed by atoms with Crippen molar-refractivity contribution in [1.82, 2.24) is 5.32 Å². The lowest BCUT2D eigenvalue weighted by Gasteiger charge is -2.40. The van der Waals surface area contributed by atoms with Gasteiger partial charge in [-0.1, -0.05) is 248 Å². The van der Waals surface area contributed by atoms with Gasteiger partial charge in [0, 0.05) is 0 Å². The van der Waals surface area contributed by atoms with Crippen molar-refractivity contribution < 1.29 is 50.0 Å². The number of allylic oxidation sites excluding steroid dienone is 10. The zero-order chi connectivity index (χ0) is 56.1. The molecular weight excluding hydrogens is 967 g/mol. The van der Waals surface area contributed by atoms with E-state index in [1.54, 1.807) is 0 Å². The molecule has 450 valence electrons. The van der Waals surface area contributed by atoms with Gasteiger partial charge in [-0.15, -0.1) is 0 Å². The predicted octanol–water partition coefficient (Wildman–Crippen LogP) is 14.6. The van der Waals surface area contributed by atoms with Crippen LogP contribution in [0.25, 0.3) is 0 Å². The summed E-state index contributed by atoms with van der Waals surface area (Å²) in [7, 11) is 0. The van der Waals surface area contributed by atoms with Gasteiger partial charge < -0.3 is 50.5 Å². The Balaban J connectivity index is 2.31. The summed E-state index contributed by atoms with van der Waals surface area (Å²) in [5, 5.41) is 76.3. The van der Waals surface area contributed by atoms with Gasteiger partial charge in [-0.3, -0.25) is 4.79 Å². The molecule has 0 radical (unpaired) electrons. The summed E-state index contributed by atoms with van der Waals surface area (Å²) in [6, 6.07) is -1.20. The minimum Gasteiger partial charge on any atom is -0.394 e. The smallest absolute Gasteiger partial charge is 0.249 e. The highest BCUT2D eigenvalue weighted by atomic mass is 16.7. The summed E-state index contributed by atoms with van der Waals surface area (Å²) in [4.78, 5) is 13.2. The van der Waals surface area contributed by atoms with Crippen LogP contribution in [0.1, 0.15) is 284 Å². The van der Waals surface area contributed by atoms with Crippen LogP contribution in [0.3, 0.4) is 0 Å². The molecule has 1 heterocycles. The number of aliphatic hydroxyl groups excluding tert-OH is 7. The van der Waals surface area contributed by atoms with Crippen molar-refractivity contribution in [2.24, 2.45) is 0 Å². The molecule has 11 nitrogen and oxygen atoms in total. The SMILES string of the molecule is CCCCCCCCCCC/C=C\C/C=C\CCCCCCCCCCC(O)C(=O)NC(COC1OC(CO)C(O)C(O)C1O)C(O)C(O)CCC/C=C/CC/C=C/CC/C=C/CCCCCCCCCCCCCCC. The monoisotopic (exact) mass is 1090 g/mol. The Labute approximate surface area is 472 Å². The molecule has 11 heteroatoms. The summed E-state index contributed by atoms with van der Waals surface area (Å²) >= 11 is 0. The number of aliphatic hydroxyl groups is 7. The quantitative estimate of drug-likeness (QED) is 0.0215. The molecule has 0 aliphatic carbocycles. The number of ether oxygens (including phenoxy) is 2. The molecule has 1 aliphatic heterocycles. The van der Waals surface area contributed by atoms with Crippen molar-refractivity contribution >= 4 is 5.91 Å². The highest BCUT2D eigenvalue weighted by molar-refractivity contribution is 5.80. The first-order chi connectivity index (χ1) is 37.7. The second-order valence-corrected chi connectivity index (χ2v) is 22.5. The molecule has 0 aromatic carbocycles. The molecule has 77 heavy (non-hydrogen) atoms. The first-order valence-electron chi connectivity index (χ1n) is 32.2. The second kappa shape index (κ2) is 54.4. The molecule has 0 bridgehead atoms. The fraction of sp³-hybridized carbons (Fsp3) is 0.833. The molecule has 1 fully saturated rings. The first kappa shape index (κ1) is 72.8. The van der Waals surface area contributed by atoms with Crippen LogP contribution in [0.5, 0.6) is 0 Å². The van der Waals surface area contributed by atoms with E-state index in [0.717, 1.165) is 64.2 Å². The van der Waals surface area contributed by atoms with Gasteiger partial charge in [-0.05, 0) is 96.3 Å². The Bertz CT molecular complexity index is 1430. The third kappa shape index (κ3) is 42.3. The zero-order valence-corrected chi connectivity index (χ0v) is 49.4. The Morgan fingerprint density at radius 3 is 1.23 bits per heavy atom. The maximum atomic E-state index is 13.2. The van der Waals surface area contributed by atoms with Crippen molar-refractivity contribution in [2.45, 2.75) is 339 Å². The normalized spacial score (nSPS) is 19.9. The van der Waals surface area contributed by atoms with Crippen molar-refractivity contribution in [1.29, 1.82) is 0 Å². The van der Waals surface area contributed by atoms with E-state index < -0.39 is 74.2 Å². The summed E-state index contributed by atoms with van der Waals surface area (Å²) < 4.78 is 11.1. The molecule has 0 spiro atoms. The minimum atomic E-state index is -1.68. The Hall–Kier alpha value is -2.19. The number of amides is 1. The lowest BCUT2D eigenvalue weighted by atomic mass is 9.98. The van der Waals surface area contributed by atoms with Crippen LogP contribution in [0.2, 0.25) is 0 Å². The molecular formula is C66H121NO10. The minimum absolute atomic E-state index is 0.238. The number of carbonyl (C=O) groups is 1. The van der Waals surface area contributed by atoms with Crippen LogP contribution in [-0.2, 0) is 14.3 Å². The lowest BCUT2D eigenvalue weighted by Crippen LogP contribution is -2.60. The fourth-order valence-corrected chi connectivity index (χ4v) is 10.0. The van der Waals surface area contributed by atoms with Crippen molar-refractivity contribution in [3.8, 4) is 0 Å². The largest absolute Gasteiger partial charge is 0.394 e. The standard InChI is InChI=1S/C66H121NO10/c1-3-5-7-9-11-13-15-17-19-21-23-25-27-29-30-32-33-35-37-39-41-43-45-47-49-51-53-58(69)61(71)57(56-76-66-64(74)63(73)62(72)60(55-68)77-66)67-65(75)59(70)54-52-50-48-46-44-42-40-38-36-34-31-28-26-24-22-20-18-16-14-12-10-8-6-4-2/h24,26,30-32,34,37,39,45,47,57-64,66,68-74H,3-23,25,27-29,33,35-36,38,40-44,46,48-56H2,1-2H3,(H,67,75)/b26-24-,32-30+,34-31-,39-37+,47-45+. The van der Waals surface area contributed by atoms with Crippen molar-refractivity contribution in [3.63, 3.8) is 0 Å². The topological polar surface area (TPSA) is 189 Å². The number of rotatable bonds is 55. The highest BCUT2D eigenvalue weighted by Crippen LogP contribution is 2.23. The maximum absolute atomic E-state index is 13.2. The number of nitrogens with one attached hydrogen (secondary N) is 1. The average molecular weight is 1090 g/mol. The maximum Gasteiger partial charge on any atom is 0.249 e. The highest BCUT2D eigenvalue weighted by Gasteiger charge is 2.44. The second-order valence-electron chi connectivity index (χ2n) is 22.5. The molecule has 9 atom stereocenters. The van der Waals surface area contributed by atoms with Gasteiger partial charge in [0.1, 0.15) is 36.6 Å². The Morgan fingerprint density at radius 2 is 0.818 bits per heavy atom. The summed E-state index contributed by atoms with van der Waals surface area (Å²) in [5.41, 5.74) is 0. The van der Waals surface area contributed by atoms with E-state index in [1.807, 2.05) is 0 Å². The van der Waals surface area contributed by atoms with Crippen molar-refractivity contribution in [2.75, 3.05) is 13.2 Å². The van der Waals surface area contributed by atoms with Crippen LogP contribution < -0.4 is 5.32 Å². The molecule has 9 unspecified atom stereocenters. The van der Waals surface area contributed by atoms with Gasteiger partial charge in [0.2, 0.25) is 5.91 Å². The van der Waals surface area contributed by atoms with Gasteiger partial charge in [-0.25, -0.2) is 0 Å². The number of carbonyl (C=O) groups excluding carboxylic acids is 1. The molecule has 1 saturated heterocycles. The molecule has 0 aromatic rings. The van der Waals surface area contributed by atoms with Crippen LogP contribution >= 0.6 is 0 Å². The van der Waals surface area contributed by atoms with Gasteiger partial charge in [0.25, 0.3) is 0 Å². The van der Waals surface area contributed by atoms with Gasteiger partial charge in [0.05, 0.1) is 25.4 Å². The van der Waals surface area contributed by atoms with Gasteiger partial charge >= 0.3 is 0 Å². The third-order valence-electron chi connectivity index (χ3n) is 15.2. The van der Waals surface area contributed by atoms with E-state index in [0.29, 0.717) is 19.3 Å². The van der Waals surface area contributed by atoms with Gasteiger partial charge in [-0.2, -0.15) is 0 Å². The number of hydrogen-bond acceptors (Lipinski definition) is 10. The molecule has 0 aromatic heterocycles. The molecule has 1 amide bonds. The zero-order valence-electron chi connectivity index (χ0n) is 49.4. The molecule has 0 saturated carbocycles. The fourth-order valence-electron chi connectivity index (χ4n) is 10.0. The third-order valence-corrected chi connectivity index (χ3v) is 15.2. The Morgan fingerprint density at radius 1 is 0.455 bits per heavy atom. The van der Waals surface area contributed by atoms with Crippen LogP contribution in [0, 0.1) is 0 Å². The van der Waals surface area contributed by atoms with E-state index in [1.165, 1.54) is 173 Å². The lowest BCUT2D eigenvalue weighted by molar-refractivity contribution is -0.303. The van der Waals surface area contributed by atoms with E-state index in [9.17, 15) is 40.5 Å². The molecule has 1 rings (SSSR count). The van der Waals surface area contributed by atoms with Crippen molar-refractivity contribution in [3.05, 3.63) is 60.8 Å². The van der Waals surface area contributed by atoms with Crippen LogP contribution in [-0.4, -0.2) is 110 Å². The van der Waals surface area contributed by atoms with Crippen LogP contribution in [0.15, 0.2) is 60.8 Å². The van der Waals surface area contributed by atoms with Gasteiger partial charge in [0.15, 0.2) is 6.29 Å². The summed E-state index contributed by atoms with van der Waals surface area (Å²) in [5.74, 6) is -0.716. The van der Waals surface area contributed by atoms with Crippen LogP contribution in [0.4, 0.5) is 0 Å². The van der Waals surface area contributed by atoms with E-state index in [4.69, 9.17) is 9.47 Å². The van der Waals surface area contributed by atoms with E-state index in [2.05, 4.69) is 79.9 Å². The number of hydrogen-bond donors (Lipinski definition) is 8.